The van der Waals surface area contributed by atoms with Gasteiger partial charge in [0, 0.05) is 21.1 Å². The summed E-state index contributed by atoms with van der Waals surface area (Å²) in [5, 5.41) is 0. The van der Waals surface area contributed by atoms with Crippen molar-refractivity contribution in [1.82, 2.24) is 0 Å². The third kappa shape index (κ3) is 4.81. The molecule has 78 valence electrons. The molecule has 0 aromatic heterocycles. The van der Waals surface area contributed by atoms with Crippen LogP contribution in [-0.4, -0.2) is 6.61 Å². The quantitative estimate of drug-likeness (QED) is 0.732. The Hall–Kier alpha value is -0.292. The van der Waals surface area contributed by atoms with Crippen molar-refractivity contribution in [3.8, 4) is 5.75 Å². The van der Waals surface area contributed by atoms with Gasteiger partial charge >= 0.3 is 0 Å². The van der Waals surface area contributed by atoms with Gasteiger partial charge in [0.05, 0.1) is 6.61 Å². The van der Waals surface area contributed by atoms with Crippen molar-refractivity contribution < 1.29 is 25.8 Å². The number of hydrogen-bond acceptors (Lipinski definition) is 1. The summed E-state index contributed by atoms with van der Waals surface area (Å²) < 4.78 is 5.47. The van der Waals surface area contributed by atoms with Gasteiger partial charge in [-0.05, 0) is 18.6 Å². The second-order valence-electron chi connectivity index (χ2n) is 3.10. The van der Waals surface area contributed by atoms with Crippen LogP contribution in [0.25, 0.3) is 0 Å². The van der Waals surface area contributed by atoms with Crippen LogP contribution in [-0.2, 0) is 27.5 Å². The van der Waals surface area contributed by atoms with E-state index in [1.807, 2.05) is 12.1 Å². The van der Waals surface area contributed by atoms with Gasteiger partial charge in [0.2, 0.25) is 0 Å². The Morgan fingerprint density at radius 1 is 1.21 bits per heavy atom. The maximum atomic E-state index is 5.47. The summed E-state index contributed by atoms with van der Waals surface area (Å²) in [7, 11) is 0. The van der Waals surface area contributed by atoms with E-state index in [4.69, 9.17) is 4.74 Å². The fourth-order valence-electron chi connectivity index (χ4n) is 1.18. The second kappa shape index (κ2) is 8.05. The molecule has 14 heavy (non-hydrogen) atoms. The van der Waals surface area contributed by atoms with E-state index in [2.05, 4.69) is 26.0 Å². The summed E-state index contributed by atoms with van der Waals surface area (Å²) in [4.78, 5) is 0. The molecule has 0 aliphatic carbocycles. The van der Waals surface area contributed by atoms with Crippen LogP contribution in [0.1, 0.15) is 25.3 Å². The number of benzene rings is 1. The zero-order valence-electron chi connectivity index (χ0n) is 8.66. The molecule has 0 saturated carbocycles. The zero-order chi connectivity index (χ0) is 9.52. The van der Waals surface area contributed by atoms with Crippen molar-refractivity contribution in [2.75, 3.05) is 6.61 Å². The predicted octanol–water partition coefficient (Wildman–Crippen LogP) is 3.24. The molecule has 0 spiro atoms. The zero-order valence-corrected chi connectivity index (χ0v) is 11.6. The molecule has 1 rings (SSSR count). The Bertz CT molecular complexity index is 231. The van der Waals surface area contributed by atoms with Gasteiger partial charge in [0.25, 0.3) is 0 Å². The van der Waals surface area contributed by atoms with Gasteiger partial charge in [0.15, 0.2) is 0 Å². The predicted molar refractivity (Wildman–Crippen MR) is 55.9 cm³/mol. The van der Waals surface area contributed by atoms with Crippen LogP contribution in [0, 0.1) is 6.92 Å². The normalized spacial score (nSPS) is 9.29. The Morgan fingerprint density at radius 3 is 2.36 bits per heavy atom. The minimum atomic E-state index is 0. The Labute approximate surface area is 101 Å². The monoisotopic (exact) mass is 361 g/mol. The van der Waals surface area contributed by atoms with E-state index < -0.39 is 0 Å². The molecular weight excluding hydrogens is 344 g/mol. The largest absolute Gasteiger partial charge is 0.494 e. The van der Waals surface area contributed by atoms with Crippen LogP contribution in [0.15, 0.2) is 24.3 Å². The molecule has 1 nitrogen and oxygen atoms in total. The van der Waals surface area contributed by atoms with Gasteiger partial charge in [-0.2, -0.15) is 6.42 Å². The van der Waals surface area contributed by atoms with Gasteiger partial charge < -0.3 is 11.7 Å². The van der Waals surface area contributed by atoms with Crippen LogP contribution in [0.2, 0.25) is 0 Å². The summed E-state index contributed by atoms with van der Waals surface area (Å²) >= 11 is 0. The molecule has 0 aliphatic rings. The van der Waals surface area contributed by atoms with E-state index in [9.17, 15) is 0 Å². The molecule has 0 amide bonds. The molecule has 2 heteroatoms. The van der Waals surface area contributed by atoms with Gasteiger partial charge in [-0.1, -0.05) is 31.0 Å². The first-order chi connectivity index (χ1) is 6.36. The summed E-state index contributed by atoms with van der Waals surface area (Å²) in [6.07, 6.45) is 3.06. The van der Waals surface area contributed by atoms with Crippen LogP contribution in [0.4, 0.5) is 0 Å². The van der Waals surface area contributed by atoms with Gasteiger partial charge in [-0.25, -0.2) is 0 Å². The van der Waals surface area contributed by atoms with E-state index in [1.54, 1.807) is 0 Å². The molecule has 1 aromatic carbocycles. The summed E-state index contributed by atoms with van der Waals surface area (Å²) in [5.41, 5.74) is 1.33. The van der Waals surface area contributed by atoms with Crippen LogP contribution < -0.4 is 4.74 Å². The third-order valence-corrected chi connectivity index (χ3v) is 1.86. The van der Waals surface area contributed by atoms with E-state index in [0.29, 0.717) is 0 Å². The molecule has 0 radical (unpaired) electrons. The van der Waals surface area contributed by atoms with E-state index in [-0.39, 0.29) is 21.1 Å². The molecule has 0 saturated heterocycles. The smallest absolute Gasteiger partial charge is 0.119 e. The van der Waals surface area contributed by atoms with Crippen molar-refractivity contribution in [2.45, 2.75) is 26.2 Å². The molecule has 1 aromatic rings. The topological polar surface area (TPSA) is 9.23 Å². The van der Waals surface area contributed by atoms with Crippen molar-refractivity contribution in [2.24, 2.45) is 0 Å². The fourth-order valence-corrected chi connectivity index (χ4v) is 1.18. The number of rotatable bonds is 5. The first-order valence-electron chi connectivity index (χ1n) is 4.87. The number of ether oxygens (including phenoxy) is 1. The van der Waals surface area contributed by atoms with Crippen LogP contribution >= 0.6 is 0 Å². The Morgan fingerprint density at radius 2 is 1.86 bits per heavy atom. The number of aryl methyl sites for hydroxylation is 1. The molecule has 0 fully saturated rings. The van der Waals surface area contributed by atoms with Crippen molar-refractivity contribution in [3.63, 3.8) is 0 Å². The van der Waals surface area contributed by atoms with Gasteiger partial charge in [0.1, 0.15) is 5.75 Å². The van der Waals surface area contributed by atoms with Gasteiger partial charge in [-0.15, -0.1) is 0 Å². The molecule has 0 N–H and O–H groups in total. The summed E-state index contributed by atoms with van der Waals surface area (Å²) in [5.74, 6) is 0.967. The molecule has 0 aliphatic heterocycles. The second-order valence-corrected chi connectivity index (χ2v) is 3.10. The first kappa shape index (κ1) is 13.7. The summed E-state index contributed by atoms with van der Waals surface area (Å²) in [6, 6.07) is 8.27. The van der Waals surface area contributed by atoms with Gasteiger partial charge in [-0.3, -0.25) is 0 Å². The Balaban J connectivity index is 0.00000169. The van der Waals surface area contributed by atoms with Crippen molar-refractivity contribution in [3.05, 3.63) is 36.8 Å². The molecule has 0 heterocycles. The first-order valence-corrected chi connectivity index (χ1v) is 4.87. The Kier molecular flexibility index (Phi) is 7.89. The molecule has 0 atom stereocenters. The maximum absolute atomic E-state index is 5.47. The van der Waals surface area contributed by atoms with Crippen LogP contribution in [0.3, 0.4) is 0 Å². The van der Waals surface area contributed by atoms with Crippen LogP contribution in [0.5, 0.6) is 5.75 Å². The standard InChI is InChI=1S/C12H17O.W/c1-3-5-11-6-8-12(9-7-11)13-10-4-2;/h6-9H,1,3-5,10H2,2H3;/q-1;. The van der Waals surface area contributed by atoms with Crippen molar-refractivity contribution >= 4 is 0 Å². The minimum Gasteiger partial charge on any atom is -0.494 e. The average Bonchev–Trinajstić information content (AvgIpc) is 2.17. The molecule has 0 bridgehead atoms. The summed E-state index contributed by atoms with van der Waals surface area (Å²) in [6.45, 7) is 6.73. The molecular formula is C12H17OW-. The van der Waals surface area contributed by atoms with E-state index in [0.717, 1.165) is 31.6 Å². The minimum absolute atomic E-state index is 0. The average molecular weight is 361 g/mol. The maximum Gasteiger partial charge on any atom is 0.119 e. The molecule has 0 unspecified atom stereocenters. The van der Waals surface area contributed by atoms with Crippen molar-refractivity contribution in [1.29, 1.82) is 0 Å². The number of hydrogen-bond donors (Lipinski definition) is 0. The van der Waals surface area contributed by atoms with E-state index >= 15 is 0 Å². The fraction of sp³-hybridized carbons (Fsp3) is 0.417. The third-order valence-electron chi connectivity index (χ3n) is 1.86. The SMILES string of the molecule is [CH2-]CCc1ccc(OCCC)cc1.[W]. The van der Waals surface area contributed by atoms with E-state index in [1.165, 1.54) is 5.56 Å².